The van der Waals surface area contributed by atoms with E-state index in [9.17, 15) is 0 Å². The molecule has 0 aliphatic rings. The Hall–Kier alpha value is -2.20. The molecule has 0 aromatic heterocycles. The lowest BCUT2D eigenvalue weighted by atomic mass is 10.1. The highest BCUT2D eigenvalue weighted by atomic mass is 16.5. The van der Waals surface area contributed by atoms with Gasteiger partial charge in [0.25, 0.3) is 0 Å². The van der Waals surface area contributed by atoms with Crippen molar-refractivity contribution in [2.45, 2.75) is 0 Å². The van der Waals surface area contributed by atoms with Crippen molar-refractivity contribution in [3.63, 3.8) is 0 Å². The van der Waals surface area contributed by atoms with Crippen LogP contribution in [0.25, 0.3) is 0 Å². The van der Waals surface area contributed by atoms with Gasteiger partial charge in [-0.2, -0.15) is 0 Å². The topological polar surface area (TPSA) is 9.23 Å². The quantitative estimate of drug-likeness (QED) is 0.702. The monoisotopic (exact) mass is 207 g/mol. The zero-order chi connectivity index (χ0) is 11.2. The number of terminal acetylenes is 1. The summed E-state index contributed by atoms with van der Waals surface area (Å²) in [6.07, 6.45) is 5.97. The van der Waals surface area contributed by atoms with Crippen LogP contribution in [0.2, 0.25) is 0 Å². The van der Waals surface area contributed by atoms with E-state index in [-0.39, 0.29) is 0 Å². The molecule has 0 aliphatic heterocycles. The van der Waals surface area contributed by atoms with Crippen LogP contribution in [0.5, 0.6) is 5.75 Å². The molecule has 0 heterocycles. The molecule has 0 atom stereocenters. The van der Waals surface area contributed by atoms with Gasteiger partial charge in [0, 0.05) is 5.56 Å². The molecule has 16 heavy (non-hydrogen) atoms. The molecular formula is C15H11O. The molecule has 2 rings (SSSR count). The van der Waals surface area contributed by atoms with Crippen molar-refractivity contribution in [1.29, 1.82) is 0 Å². The Morgan fingerprint density at radius 2 is 1.44 bits per heavy atom. The lowest BCUT2D eigenvalue weighted by Gasteiger charge is -2.11. The van der Waals surface area contributed by atoms with Gasteiger partial charge in [-0.3, -0.25) is 0 Å². The lowest BCUT2D eigenvalue weighted by Crippen LogP contribution is -2.05. The molecule has 2 aromatic carbocycles. The van der Waals surface area contributed by atoms with E-state index in [1.54, 1.807) is 0 Å². The Bertz CT molecular complexity index is 468. The fourth-order valence-corrected chi connectivity index (χ4v) is 1.37. The minimum absolute atomic E-state index is 0.534. The number of ether oxygens (including phenoxy) is 1. The van der Waals surface area contributed by atoms with E-state index in [1.165, 1.54) is 0 Å². The van der Waals surface area contributed by atoms with Gasteiger partial charge in [-0.25, -0.2) is 0 Å². The summed E-state index contributed by atoms with van der Waals surface area (Å²) >= 11 is 0. The number of benzene rings is 2. The molecular weight excluding hydrogens is 196 g/mol. The molecule has 1 radical (unpaired) electrons. The number of hydrogen-bond acceptors (Lipinski definition) is 1. The molecule has 1 heteroatoms. The van der Waals surface area contributed by atoms with Crippen LogP contribution < -0.4 is 4.74 Å². The van der Waals surface area contributed by atoms with Gasteiger partial charge in [0.15, 0.2) is 0 Å². The fourth-order valence-electron chi connectivity index (χ4n) is 1.37. The molecule has 1 nitrogen and oxygen atoms in total. The van der Waals surface area contributed by atoms with Crippen LogP contribution in [0.3, 0.4) is 0 Å². The fraction of sp³-hybridized carbons (Fsp3) is 0. The van der Waals surface area contributed by atoms with Gasteiger partial charge < -0.3 is 4.74 Å². The first-order chi connectivity index (χ1) is 7.90. The smallest absolute Gasteiger partial charge is 0.249 e. The van der Waals surface area contributed by atoms with Crippen molar-refractivity contribution in [2.75, 3.05) is 0 Å². The maximum Gasteiger partial charge on any atom is 0.249 e. The van der Waals surface area contributed by atoms with Gasteiger partial charge in [-0.15, -0.1) is 6.42 Å². The first-order valence-electron chi connectivity index (χ1n) is 5.02. The predicted octanol–water partition coefficient (Wildman–Crippen LogP) is 3.28. The summed E-state index contributed by atoms with van der Waals surface area (Å²) in [5.41, 5.74) is 0.911. The standard InChI is InChI=1S/C15H11O/c1-2-15(13-9-5-3-6-10-13)16-14-11-7-4-8-12-14/h1,3-12H. The summed E-state index contributed by atoms with van der Waals surface area (Å²) in [7, 11) is 0. The average molecular weight is 207 g/mol. The second-order valence-electron chi connectivity index (χ2n) is 3.25. The van der Waals surface area contributed by atoms with Crippen LogP contribution in [-0.2, 0) is 0 Å². The summed E-state index contributed by atoms with van der Waals surface area (Å²) in [5.74, 6) is 3.31. The highest BCUT2D eigenvalue weighted by Crippen LogP contribution is 2.19. The van der Waals surface area contributed by atoms with E-state index in [4.69, 9.17) is 11.2 Å². The summed E-state index contributed by atoms with van der Waals surface area (Å²) in [6.45, 7) is 0. The zero-order valence-corrected chi connectivity index (χ0v) is 8.76. The predicted molar refractivity (Wildman–Crippen MR) is 64.7 cm³/mol. The van der Waals surface area contributed by atoms with Crippen LogP contribution in [0.15, 0.2) is 60.7 Å². The molecule has 77 valence electrons. The lowest BCUT2D eigenvalue weighted by molar-refractivity contribution is 0.388. The second-order valence-corrected chi connectivity index (χ2v) is 3.25. The van der Waals surface area contributed by atoms with Crippen molar-refractivity contribution in [2.24, 2.45) is 0 Å². The van der Waals surface area contributed by atoms with Gasteiger partial charge in [0.05, 0.1) is 0 Å². The molecule has 0 amide bonds. The molecule has 0 saturated heterocycles. The maximum atomic E-state index is 5.63. The Balaban J connectivity index is 2.17. The van der Waals surface area contributed by atoms with Gasteiger partial charge in [-0.05, 0) is 18.1 Å². The molecule has 2 aromatic rings. The minimum Gasteiger partial charge on any atom is -0.464 e. The number of rotatable bonds is 3. The first-order valence-corrected chi connectivity index (χ1v) is 5.02. The molecule has 0 aliphatic carbocycles. The Kier molecular flexibility index (Phi) is 3.25. The van der Waals surface area contributed by atoms with Crippen molar-refractivity contribution in [1.82, 2.24) is 0 Å². The average Bonchev–Trinajstić information content (AvgIpc) is 2.38. The molecule has 0 saturated carbocycles. The van der Waals surface area contributed by atoms with Crippen molar-refractivity contribution in [3.8, 4) is 18.1 Å². The summed E-state index contributed by atoms with van der Waals surface area (Å²) < 4.78 is 5.63. The third-order valence-corrected chi connectivity index (χ3v) is 2.13. The molecule has 0 spiro atoms. The van der Waals surface area contributed by atoms with E-state index in [1.807, 2.05) is 60.7 Å². The van der Waals surface area contributed by atoms with E-state index < -0.39 is 0 Å². The third kappa shape index (κ3) is 2.43. The van der Waals surface area contributed by atoms with Crippen LogP contribution in [0, 0.1) is 18.4 Å². The molecule has 0 N–H and O–H groups in total. The van der Waals surface area contributed by atoms with Crippen molar-refractivity contribution >= 4 is 0 Å². The summed E-state index contributed by atoms with van der Waals surface area (Å²) in [5, 5.41) is 0. The Labute approximate surface area is 95.7 Å². The molecule has 0 fully saturated rings. The van der Waals surface area contributed by atoms with Gasteiger partial charge in [0.2, 0.25) is 6.10 Å². The van der Waals surface area contributed by atoms with Crippen LogP contribution in [-0.4, -0.2) is 0 Å². The number of para-hydroxylation sites is 1. The van der Waals surface area contributed by atoms with Crippen molar-refractivity contribution in [3.05, 3.63) is 72.3 Å². The minimum atomic E-state index is 0.534. The third-order valence-electron chi connectivity index (χ3n) is 2.13. The first kappa shape index (κ1) is 10.3. The Morgan fingerprint density at radius 3 is 2.00 bits per heavy atom. The highest BCUT2D eigenvalue weighted by Gasteiger charge is 2.10. The Morgan fingerprint density at radius 1 is 0.875 bits per heavy atom. The van der Waals surface area contributed by atoms with Gasteiger partial charge in [0.1, 0.15) is 5.75 Å². The number of hydrogen-bond donors (Lipinski definition) is 0. The zero-order valence-electron chi connectivity index (χ0n) is 8.76. The second kappa shape index (κ2) is 5.04. The van der Waals surface area contributed by atoms with Gasteiger partial charge >= 0.3 is 0 Å². The SMILES string of the molecule is C#C[C](Oc1ccccc1)c1ccccc1. The van der Waals surface area contributed by atoms with E-state index >= 15 is 0 Å². The van der Waals surface area contributed by atoms with E-state index in [2.05, 4.69) is 5.92 Å². The highest BCUT2D eigenvalue weighted by molar-refractivity contribution is 5.39. The van der Waals surface area contributed by atoms with Crippen LogP contribution >= 0.6 is 0 Å². The molecule has 0 bridgehead atoms. The summed E-state index contributed by atoms with van der Waals surface area (Å²) in [6, 6.07) is 19.2. The largest absolute Gasteiger partial charge is 0.464 e. The van der Waals surface area contributed by atoms with E-state index in [0.717, 1.165) is 11.3 Å². The molecule has 0 unspecified atom stereocenters. The normalized spacial score (nSPS) is 9.75. The van der Waals surface area contributed by atoms with Crippen LogP contribution in [0.4, 0.5) is 0 Å². The van der Waals surface area contributed by atoms with Crippen molar-refractivity contribution < 1.29 is 4.74 Å². The van der Waals surface area contributed by atoms with E-state index in [0.29, 0.717) is 6.10 Å². The van der Waals surface area contributed by atoms with Gasteiger partial charge in [-0.1, -0.05) is 48.5 Å². The summed E-state index contributed by atoms with van der Waals surface area (Å²) in [4.78, 5) is 0. The van der Waals surface area contributed by atoms with Crippen LogP contribution in [0.1, 0.15) is 5.56 Å². The maximum absolute atomic E-state index is 5.63.